The molecule has 3 aliphatic rings. The van der Waals surface area contributed by atoms with Gasteiger partial charge in [-0.15, -0.1) is 11.8 Å². The molecule has 3 saturated heterocycles. The second-order valence-corrected chi connectivity index (χ2v) is 16.5. The van der Waals surface area contributed by atoms with Crippen LogP contribution >= 0.6 is 11.8 Å². The molecular formula is C40H61NO9S. The third-order valence-corrected chi connectivity index (χ3v) is 12.6. The van der Waals surface area contributed by atoms with Crippen molar-refractivity contribution in [3.8, 4) is 0 Å². The Morgan fingerprint density at radius 3 is 2.29 bits per heavy atom. The van der Waals surface area contributed by atoms with Crippen LogP contribution in [0.3, 0.4) is 0 Å². The van der Waals surface area contributed by atoms with E-state index in [9.17, 15) is 19.5 Å². The number of fused-ring (bicyclic) bond motifs is 1. The van der Waals surface area contributed by atoms with E-state index in [4.69, 9.17) is 23.7 Å². The van der Waals surface area contributed by atoms with E-state index >= 15 is 0 Å². The molecule has 0 spiro atoms. The highest BCUT2D eigenvalue weighted by atomic mass is 32.2. The number of hydrogen-bond acceptors (Lipinski definition) is 11. The van der Waals surface area contributed by atoms with Crippen molar-refractivity contribution in [1.82, 2.24) is 4.90 Å². The van der Waals surface area contributed by atoms with E-state index < -0.39 is 65.4 Å². The average Bonchev–Trinajstić information content (AvgIpc) is 3.44. The van der Waals surface area contributed by atoms with E-state index in [1.54, 1.807) is 25.6 Å². The Labute approximate surface area is 309 Å². The van der Waals surface area contributed by atoms with Crippen LogP contribution in [0.5, 0.6) is 0 Å². The fourth-order valence-corrected chi connectivity index (χ4v) is 9.46. The van der Waals surface area contributed by atoms with Crippen LogP contribution in [0.2, 0.25) is 0 Å². The highest BCUT2D eigenvalue weighted by molar-refractivity contribution is 8.01. The third kappa shape index (κ3) is 8.99. The van der Waals surface area contributed by atoms with Crippen molar-refractivity contribution in [1.29, 1.82) is 0 Å². The summed E-state index contributed by atoms with van der Waals surface area (Å²) in [6.07, 6.45) is -2.71. The maximum atomic E-state index is 14.6. The number of carbonyl (C=O) groups is 3. The summed E-state index contributed by atoms with van der Waals surface area (Å²) in [7, 11) is 5.32. The minimum atomic E-state index is -1.18. The number of carbonyl (C=O) groups excluding carboxylic acids is 3. The number of methoxy groups -OCH3 is 1. The van der Waals surface area contributed by atoms with Crippen molar-refractivity contribution in [3.63, 3.8) is 0 Å². The lowest BCUT2D eigenvalue weighted by molar-refractivity contribution is -0.295. The Balaban J connectivity index is 1.75. The Hall–Kier alpha value is -2.12. The van der Waals surface area contributed by atoms with E-state index in [1.807, 2.05) is 78.7 Å². The molecule has 1 N–H and O–H groups in total. The van der Waals surface area contributed by atoms with Gasteiger partial charge in [-0.25, -0.2) is 0 Å². The van der Waals surface area contributed by atoms with Gasteiger partial charge in [0.1, 0.15) is 29.5 Å². The predicted molar refractivity (Wildman–Crippen MR) is 198 cm³/mol. The van der Waals surface area contributed by atoms with Gasteiger partial charge in [-0.05, 0) is 77.6 Å². The molecule has 51 heavy (non-hydrogen) atoms. The molecule has 0 saturated carbocycles. The lowest BCUT2D eigenvalue weighted by atomic mass is 9.69. The van der Waals surface area contributed by atoms with Crippen LogP contribution in [0.25, 0.3) is 0 Å². The molecule has 1 aromatic carbocycles. The van der Waals surface area contributed by atoms with Gasteiger partial charge in [0.25, 0.3) is 0 Å². The summed E-state index contributed by atoms with van der Waals surface area (Å²) < 4.78 is 31.7. The van der Waals surface area contributed by atoms with Gasteiger partial charge in [-0.1, -0.05) is 58.0 Å². The summed E-state index contributed by atoms with van der Waals surface area (Å²) in [6.45, 7) is 15.0. The lowest BCUT2D eigenvalue weighted by Gasteiger charge is -2.47. The quantitative estimate of drug-likeness (QED) is 0.257. The summed E-state index contributed by atoms with van der Waals surface area (Å²) in [5.74, 6) is -3.64. The zero-order valence-electron chi connectivity index (χ0n) is 32.4. The number of ether oxygens (including phenoxy) is 5. The highest BCUT2D eigenvalue weighted by Gasteiger charge is 2.56. The number of rotatable bonds is 8. The number of esters is 1. The summed E-state index contributed by atoms with van der Waals surface area (Å²) in [4.78, 5) is 44.6. The van der Waals surface area contributed by atoms with Crippen LogP contribution in [-0.2, 0) is 43.8 Å². The molecule has 0 bridgehead atoms. The van der Waals surface area contributed by atoms with Crippen molar-refractivity contribution in [2.24, 2.45) is 29.6 Å². The molecular weight excluding hydrogens is 671 g/mol. The summed E-state index contributed by atoms with van der Waals surface area (Å²) in [5, 5.41) is 13.5. The predicted octanol–water partition coefficient (Wildman–Crippen LogP) is 5.83. The number of cyclic esters (lactones) is 1. The molecule has 1 aromatic rings. The van der Waals surface area contributed by atoms with Gasteiger partial charge in [0, 0.05) is 42.6 Å². The van der Waals surface area contributed by atoms with Gasteiger partial charge >= 0.3 is 5.97 Å². The van der Waals surface area contributed by atoms with Crippen molar-refractivity contribution >= 4 is 29.3 Å². The first kappa shape index (κ1) is 41.6. The first-order chi connectivity index (χ1) is 24.0. The maximum absolute atomic E-state index is 14.6. The molecule has 0 aromatic heterocycles. The van der Waals surface area contributed by atoms with E-state index in [2.05, 4.69) is 17.5 Å². The van der Waals surface area contributed by atoms with Gasteiger partial charge in [-0.3, -0.25) is 14.4 Å². The molecule has 13 atom stereocenters. The monoisotopic (exact) mass is 731 g/mol. The molecule has 0 amide bonds. The molecule has 3 unspecified atom stereocenters. The highest BCUT2D eigenvalue weighted by Crippen LogP contribution is 2.48. The molecule has 10 nitrogen and oxygen atoms in total. The zero-order valence-corrected chi connectivity index (χ0v) is 33.2. The first-order valence-corrected chi connectivity index (χ1v) is 19.5. The molecule has 0 aliphatic carbocycles. The molecule has 3 heterocycles. The van der Waals surface area contributed by atoms with Gasteiger partial charge in [0.05, 0.1) is 24.4 Å². The van der Waals surface area contributed by atoms with Crippen LogP contribution in [0.15, 0.2) is 41.3 Å². The second-order valence-electron chi connectivity index (χ2n) is 15.6. The number of aliphatic hydroxyl groups is 1. The standard InChI is InChI=1S/C40H61NO9S/c1-12-31-40(8)32(29(20-47-40)22-51-21-28-16-14-13-15-17-28)25(4)33(42)23(2)19-39(7,46-11)36(26(5)34(43)27(6)37(45)49-31)50-38-35(44)30(41(9)10)18-24(3)48-38/h13-17,22-27,30-32,35-36,38,44H,12,18-21H2,1-11H3/b29-22+/t23?,24-,25?,26+,27?,30+,31-,32-,35-,36-,38+,39-,40-/m1/s1. The van der Waals surface area contributed by atoms with Crippen LogP contribution in [0, 0.1) is 29.6 Å². The van der Waals surface area contributed by atoms with Crippen molar-refractivity contribution in [2.45, 2.75) is 128 Å². The molecule has 0 radical (unpaired) electrons. The van der Waals surface area contributed by atoms with Crippen LogP contribution in [0.4, 0.5) is 0 Å². The first-order valence-electron chi connectivity index (χ1n) is 18.5. The molecule has 11 heteroatoms. The van der Waals surface area contributed by atoms with Crippen molar-refractivity contribution < 1.29 is 43.2 Å². The van der Waals surface area contributed by atoms with Crippen LogP contribution < -0.4 is 0 Å². The van der Waals surface area contributed by atoms with E-state index in [-0.39, 0.29) is 36.1 Å². The number of nitrogens with zero attached hydrogens (tertiary/aromatic N) is 1. The Kier molecular flexibility index (Phi) is 14.2. The van der Waals surface area contributed by atoms with E-state index in [1.165, 1.54) is 12.7 Å². The van der Waals surface area contributed by atoms with E-state index in [0.29, 0.717) is 19.4 Å². The number of Topliss-reactive ketones (excluding diaryl/α,β-unsaturated/α-hetero) is 2. The van der Waals surface area contributed by atoms with Crippen LogP contribution in [0.1, 0.15) is 80.2 Å². The summed E-state index contributed by atoms with van der Waals surface area (Å²) >= 11 is 1.65. The number of aliphatic hydroxyl groups excluding tert-OH is 1. The zero-order chi connectivity index (χ0) is 37.8. The minimum Gasteiger partial charge on any atom is -0.459 e. The Morgan fingerprint density at radius 1 is 1.02 bits per heavy atom. The molecule has 3 aliphatic heterocycles. The smallest absolute Gasteiger partial charge is 0.316 e. The SMILES string of the molecule is CC[C@H]1OC(=O)C(C)C(=O)[C@H](C)[C@@H](O[C@@H]2O[C@H](C)C[C@H](N(C)C)[C@H]2O)[C@](C)(OC)CC(C)C(=O)C(C)[C@@H]2/C(=C/SCc3ccccc3)CO[C@]12C. The minimum absolute atomic E-state index is 0.0125. The number of benzene rings is 1. The van der Waals surface area contributed by atoms with Gasteiger partial charge in [-0.2, -0.15) is 0 Å². The Morgan fingerprint density at radius 2 is 1.69 bits per heavy atom. The normalized spacial score (nSPS) is 41.0. The summed E-state index contributed by atoms with van der Waals surface area (Å²) in [6, 6.07) is 9.94. The van der Waals surface area contributed by atoms with Crippen molar-refractivity contribution in [3.05, 3.63) is 46.9 Å². The largest absolute Gasteiger partial charge is 0.459 e. The molecule has 286 valence electrons. The number of ketones is 2. The van der Waals surface area contributed by atoms with Crippen molar-refractivity contribution in [2.75, 3.05) is 27.8 Å². The van der Waals surface area contributed by atoms with Crippen LogP contribution in [-0.4, -0.2) is 103 Å². The molecule has 3 fully saturated rings. The van der Waals surface area contributed by atoms with E-state index in [0.717, 1.165) is 11.3 Å². The lowest BCUT2D eigenvalue weighted by Crippen LogP contribution is -2.59. The van der Waals surface area contributed by atoms with Gasteiger partial charge in [0.2, 0.25) is 0 Å². The number of hydrogen-bond donors (Lipinski definition) is 1. The maximum Gasteiger partial charge on any atom is 0.316 e. The third-order valence-electron chi connectivity index (χ3n) is 11.6. The molecule has 4 rings (SSSR count). The average molecular weight is 732 g/mol. The fourth-order valence-electron chi connectivity index (χ4n) is 8.56. The van der Waals surface area contributed by atoms with Gasteiger partial charge < -0.3 is 33.7 Å². The number of likely N-dealkylation sites (N-methyl/N-ethyl adjacent to an activating group) is 1. The topological polar surface area (TPSA) is 121 Å². The summed E-state index contributed by atoms with van der Waals surface area (Å²) in [5.41, 5.74) is -0.0111. The number of thioether (sulfide) groups is 1. The second kappa shape index (κ2) is 17.3. The fraction of sp³-hybridized carbons (Fsp3) is 0.725. The van der Waals surface area contributed by atoms with Gasteiger partial charge in [0.15, 0.2) is 12.1 Å². The Bertz CT molecular complexity index is 1390.